The average molecular weight is 228 g/mol. The molecule has 1 aliphatic carbocycles. The van der Waals surface area contributed by atoms with Crippen molar-refractivity contribution in [3.63, 3.8) is 0 Å². The normalized spacial score (nSPS) is 20.3. The van der Waals surface area contributed by atoms with E-state index in [1.54, 1.807) is 0 Å². The van der Waals surface area contributed by atoms with Crippen molar-refractivity contribution in [2.45, 2.75) is 45.6 Å². The smallest absolute Gasteiger partial charge is 0.220 e. The van der Waals surface area contributed by atoms with Crippen molar-refractivity contribution >= 4 is 5.91 Å². The van der Waals surface area contributed by atoms with E-state index in [9.17, 15) is 9.90 Å². The molecule has 0 heterocycles. The molecule has 4 heteroatoms. The number of nitrogens with two attached hydrogens (primary N) is 1. The first-order valence-electron chi connectivity index (χ1n) is 6.14. The number of aliphatic hydroxyl groups is 1. The van der Waals surface area contributed by atoms with Gasteiger partial charge in [0.25, 0.3) is 0 Å². The molecule has 0 bridgehead atoms. The first kappa shape index (κ1) is 13.5. The van der Waals surface area contributed by atoms with Gasteiger partial charge in [0, 0.05) is 13.0 Å². The Hall–Kier alpha value is -0.610. The second kappa shape index (κ2) is 5.64. The standard InChI is InChI=1S/C12H24N2O2/c1-9(2)10(15)7-14-11(16)6-12(8-13)4-3-5-12/h9-10,15H,3-8,13H2,1-2H3,(H,14,16). The molecule has 0 aromatic heterocycles. The fourth-order valence-electron chi connectivity index (χ4n) is 1.99. The number of amides is 1. The quantitative estimate of drug-likeness (QED) is 0.624. The Kier molecular flexibility index (Phi) is 4.74. The van der Waals surface area contributed by atoms with Gasteiger partial charge >= 0.3 is 0 Å². The van der Waals surface area contributed by atoms with Crippen LogP contribution in [0.3, 0.4) is 0 Å². The average Bonchev–Trinajstić information content (AvgIpc) is 2.19. The number of nitrogens with one attached hydrogen (secondary N) is 1. The van der Waals surface area contributed by atoms with Gasteiger partial charge in [0.2, 0.25) is 5.91 Å². The van der Waals surface area contributed by atoms with E-state index in [-0.39, 0.29) is 17.2 Å². The van der Waals surface area contributed by atoms with Crippen molar-refractivity contribution in [3.8, 4) is 0 Å². The van der Waals surface area contributed by atoms with Crippen LogP contribution in [0.5, 0.6) is 0 Å². The predicted molar refractivity (Wildman–Crippen MR) is 63.8 cm³/mol. The lowest BCUT2D eigenvalue weighted by Gasteiger charge is -2.40. The van der Waals surface area contributed by atoms with Crippen molar-refractivity contribution in [2.24, 2.45) is 17.1 Å². The zero-order valence-corrected chi connectivity index (χ0v) is 10.3. The minimum absolute atomic E-state index is 0.0184. The Balaban J connectivity index is 2.25. The second-order valence-corrected chi connectivity index (χ2v) is 5.35. The molecule has 0 spiro atoms. The molecule has 1 atom stereocenters. The summed E-state index contributed by atoms with van der Waals surface area (Å²) in [5.74, 6) is 0.192. The number of hydrogen-bond acceptors (Lipinski definition) is 3. The Morgan fingerprint density at radius 2 is 2.12 bits per heavy atom. The van der Waals surface area contributed by atoms with Crippen LogP contribution in [0, 0.1) is 11.3 Å². The first-order chi connectivity index (χ1) is 7.49. The molecule has 4 nitrogen and oxygen atoms in total. The van der Waals surface area contributed by atoms with Gasteiger partial charge in [0.1, 0.15) is 0 Å². The molecule has 1 aliphatic rings. The third-order valence-corrected chi connectivity index (χ3v) is 3.66. The molecule has 4 N–H and O–H groups in total. The molecule has 1 amide bonds. The fourth-order valence-corrected chi connectivity index (χ4v) is 1.99. The van der Waals surface area contributed by atoms with Gasteiger partial charge in [-0.3, -0.25) is 4.79 Å². The van der Waals surface area contributed by atoms with Crippen molar-refractivity contribution in [1.82, 2.24) is 5.32 Å². The second-order valence-electron chi connectivity index (χ2n) is 5.35. The highest BCUT2D eigenvalue weighted by atomic mass is 16.3. The summed E-state index contributed by atoms with van der Waals surface area (Å²) in [5, 5.41) is 12.3. The van der Waals surface area contributed by atoms with Crippen molar-refractivity contribution < 1.29 is 9.90 Å². The van der Waals surface area contributed by atoms with Crippen LogP contribution in [0.15, 0.2) is 0 Å². The molecule has 0 aliphatic heterocycles. The summed E-state index contributed by atoms with van der Waals surface area (Å²) < 4.78 is 0. The summed E-state index contributed by atoms with van der Waals surface area (Å²) in [6, 6.07) is 0. The van der Waals surface area contributed by atoms with Gasteiger partial charge in [0.15, 0.2) is 0 Å². The monoisotopic (exact) mass is 228 g/mol. The summed E-state index contributed by atoms with van der Waals surface area (Å²) in [6.07, 6.45) is 3.35. The van der Waals surface area contributed by atoms with Crippen LogP contribution in [0.25, 0.3) is 0 Å². The van der Waals surface area contributed by atoms with Gasteiger partial charge in [-0.1, -0.05) is 20.3 Å². The van der Waals surface area contributed by atoms with Gasteiger partial charge in [-0.05, 0) is 30.7 Å². The highest BCUT2D eigenvalue weighted by molar-refractivity contribution is 5.76. The van der Waals surface area contributed by atoms with Crippen molar-refractivity contribution in [1.29, 1.82) is 0 Å². The molecule has 1 saturated carbocycles. The lowest BCUT2D eigenvalue weighted by atomic mass is 9.66. The first-order valence-corrected chi connectivity index (χ1v) is 6.14. The Morgan fingerprint density at radius 3 is 2.50 bits per heavy atom. The van der Waals surface area contributed by atoms with E-state index in [0.717, 1.165) is 12.8 Å². The summed E-state index contributed by atoms with van der Waals surface area (Å²) >= 11 is 0. The van der Waals surface area contributed by atoms with Crippen LogP contribution in [-0.4, -0.2) is 30.2 Å². The Bertz CT molecular complexity index is 232. The van der Waals surface area contributed by atoms with Crippen LogP contribution in [-0.2, 0) is 4.79 Å². The maximum absolute atomic E-state index is 11.7. The number of hydrogen-bond donors (Lipinski definition) is 3. The maximum atomic E-state index is 11.7. The molecule has 0 aromatic rings. The van der Waals surface area contributed by atoms with Gasteiger partial charge in [-0.25, -0.2) is 0 Å². The van der Waals surface area contributed by atoms with Crippen molar-refractivity contribution in [3.05, 3.63) is 0 Å². The zero-order valence-electron chi connectivity index (χ0n) is 10.3. The highest BCUT2D eigenvalue weighted by Crippen LogP contribution is 2.42. The highest BCUT2D eigenvalue weighted by Gasteiger charge is 2.37. The maximum Gasteiger partial charge on any atom is 0.220 e. The molecule has 1 fully saturated rings. The number of rotatable bonds is 6. The molecule has 16 heavy (non-hydrogen) atoms. The molecule has 0 aromatic carbocycles. The largest absolute Gasteiger partial charge is 0.391 e. The molecule has 1 unspecified atom stereocenters. The third-order valence-electron chi connectivity index (χ3n) is 3.66. The Labute approximate surface area is 97.6 Å². The number of aliphatic hydroxyl groups excluding tert-OH is 1. The Morgan fingerprint density at radius 1 is 1.50 bits per heavy atom. The van der Waals surface area contributed by atoms with E-state index in [1.807, 2.05) is 13.8 Å². The van der Waals surface area contributed by atoms with E-state index in [1.165, 1.54) is 6.42 Å². The van der Waals surface area contributed by atoms with E-state index < -0.39 is 6.10 Å². The van der Waals surface area contributed by atoms with E-state index in [2.05, 4.69) is 5.32 Å². The zero-order chi connectivity index (χ0) is 12.2. The summed E-state index contributed by atoms with van der Waals surface area (Å²) in [6.45, 7) is 4.80. The van der Waals surface area contributed by atoms with Crippen LogP contribution < -0.4 is 11.1 Å². The molecule has 0 radical (unpaired) electrons. The van der Waals surface area contributed by atoms with Crippen molar-refractivity contribution in [2.75, 3.05) is 13.1 Å². The molecular weight excluding hydrogens is 204 g/mol. The van der Waals surface area contributed by atoms with Gasteiger partial charge in [0.05, 0.1) is 6.10 Å². The van der Waals surface area contributed by atoms with Crippen LogP contribution in [0.2, 0.25) is 0 Å². The fraction of sp³-hybridized carbons (Fsp3) is 0.917. The van der Waals surface area contributed by atoms with Crippen LogP contribution in [0.4, 0.5) is 0 Å². The lowest BCUT2D eigenvalue weighted by Crippen LogP contribution is -2.43. The van der Waals surface area contributed by atoms with Crippen LogP contribution >= 0.6 is 0 Å². The third kappa shape index (κ3) is 3.46. The lowest BCUT2D eigenvalue weighted by molar-refractivity contribution is -0.125. The van der Waals surface area contributed by atoms with Crippen LogP contribution in [0.1, 0.15) is 39.5 Å². The predicted octanol–water partition coefficient (Wildman–Crippen LogP) is 0.639. The summed E-state index contributed by atoms with van der Waals surface area (Å²) in [7, 11) is 0. The minimum Gasteiger partial charge on any atom is -0.391 e. The SMILES string of the molecule is CC(C)C(O)CNC(=O)CC1(CN)CCC1. The summed E-state index contributed by atoms with van der Waals surface area (Å²) in [4.78, 5) is 11.7. The molecule has 94 valence electrons. The molecule has 0 saturated heterocycles. The molecular formula is C12H24N2O2. The minimum atomic E-state index is -0.459. The van der Waals surface area contributed by atoms with E-state index in [0.29, 0.717) is 19.5 Å². The van der Waals surface area contributed by atoms with E-state index >= 15 is 0 Å². The van der Waals surface area contributed by atoms with Gasteiger partial charge in [-0.15, -0.1) is 0 Å². The topological polar surface area (TPSA) is 75.3 Å². The molecule has 1 rings (SSSR count). The van der Waals surface area contributed by atoms with Gasteiger partial charge < -0.3 is 16.2 Å². The number of carbonyl (C=O) groups excluding carboxylic acids is 1. The summed E-state index contributed by atoms with van der Waals surface area (Å²) in [5.41, 5.74) is 5.74. The van der Waals surface area contributed by atoms with E-state index in [4.69, 9.17) is 5.73 Å². The number of carbonyl (C=O) groups is 1. The van der Waals surface area contributed by atoms with Gasteiger partial charge in [-0.2, -0.15) is 0 Å².